The molecule has 2 fully saturated rings. The predicted octanol–water partition coefficient (Wildman–Crippen LogP) is 5.82. The lowest BCUT2D eigenvalue weighted by Crippen LogP contribution is -2.45. The van der Waals surface area contributed by atoms with Crippen molar-refractivity contribution in [2.75, 3.05) is 13.7 Å². The Morgan fingerprint density at radius 2 is 1.85 bits per heavy atom. The molecule has 0 unspecified atom stereocenters. The molecule has 2 aliphatic rings. The third-order valence-electron chi connectivity index (χ3n) is 7.41. The van der Waals surface area contributed by atoms with Gasteiger partial charge in [-0.2, -0.15) is 0 Å². The molecule has 1 aromatic heterocycles. The zero-order chi connectivity index (χ0) is 23.2. The number of rotatable bonds is 7. The highest BCUT2D eigenvalue weighted by atomic mass is 19.1. The number of hydrogen-bond acceptors (Lipinski definition) is 2. The summed E-state index contributed by atoms with van der Waals surface area (Å²) >= 11 is 0. The van der Waals surface area contributed by atoms with Gasteiger partial charge in [0.2, 0.25) is 5.91 Å². The molecule has 7 heteroatoms. The van der Waals surface area contributed by atoms with E-state index in [9.17, 15) is 18.0 Å². The van der Waals surface area contributed by atoms with E-state index >= 15 is 0 Å². The molecule has 0 atom stereocenters. The Morgan fingerprint density at radius 3 is 2.48 bits per heavy atom. The number of hydrogen-bond donors (Lipinski definition) is 2. The Morgan fingerprint density at radius 1 is 1.12 bits per heavy atom. The van der Waals surface area contributed by atoms with Gasteiger partial charge in [-0.05, 0) is 85.4 Å². The molecule has 0 radical (unpaired) electrons. The molecule has 2 N–H and O–H groups in total. The molecule has 2 aromatic carbocycles. The Hall–Kier alpha value is -2.80. The molecule has 0 saturated heterocycles. The van der Waals surface area contributed by atoms with Crippen molar-refractivity contribution in [2.24, 2.45) is 5.92 Å². The predicted molar refractivity (Wildman–Crippen MR) is 120 cm³/mol. The molecule has 4 nitrogen and oxygen atoms in total. The Labute approximate surface area is 190 Å². The normalized spacial score (nSPS) is 21.5. The first-order valence-electron chi connectivity index (χ1n) is 11.5. The van der Waals surface area contributed by atoms with E-state index in [1.807, 2.05) is 0 Å². The number of benzene rings is 2. The van der Waals surface area contributed by atoms with E-state index in [1.54, 1.807) is 19.2 Å². The SMILES string of the molecule is COC1(CC(=O)NCC2CC(c3c(-c4ccc(F)cc4)[nH]c4c(F)cc(F)cc34)C2)CCC1. The van der Waals surface area contributed by atoms with Gasteiger partial charge in [-0.15, -0.1) is 0 Å². The van der Waals surface area contributed by atoms with Crippen LogP contribution in [0.1, 0.15) is 50.0 Å². The summed E-state index contributed by atoms with van der Waals surface area (Å²) in [5.74, 6) is -1.24. The Bertz CT molecular complexity index is 1170. The number of aromatic amines is 1. The average molecular weight is 457 g/mol. The fourth-order valence-electron chi connectivity index (χ4n) is 5.28. The van der Waals surface area contributed by atoms with Crippen molar-refractivity contribution in [2.45, 2.75) is 50.0 Å². The fourth-order valence-corrected chi connectivity index (χ4v) is 5.28. The highest BCUT2D eigenvalue weighted by molar-refractivity contribution is 5.92. The summed E-state index contributed by atoms with van der Waals surface area (Å²) in [4.78, 5) is 15.5. The first kappa shape index (κ1) is 22.0. The van der Waals surface area contributed by atoms with Crippen molar-refractivity contribution in [1.82, 2.24) is 10.3 Å². The van der Waals surface area contributed by atoms with Gasteiger partial charge >= 0.3 is 0 Å². The summed E-state index contributed by atoms with van der Waals surface area (Å²) in [6, 6.07) is 8.21. The second-order valence-corrected chi connectivity index (χ2v) is 9.49. The van der Waals surface area contributed by atoms with Crippen LogP contribution in [-0.2, 0) is 9.53 Å². The Kier molecular flexibility index (Phi) is 5.69. The van der Waals surface area contributed by atoms with E-state index in [4.69, 9.17) is 4.74 Å². The minimum Gasteiger partial charge on any atom is -0.378 e. The lowest BCUT2D eigenvalue weighted by molar-refractivity contribution is -0.134. The van der Waals surface area contributed by atoms with Crippen LogP contribution in [0.4, 0.5) is 13.2 Å². The number of H-pyrrole nitrogens is 1. The number of amides is 1. The maximum atomic E-state index is 14.5. The standard InChI is InChI=1S/C26H27F3N2O2/c1-33-26(7-2-8-26)13-22(32)30-14-15-9-17(10-15)23-20-11-19(28)12-21(29)25(20)31-24(23)16-3-5-18(27)6-4-16/h3-6,11-12,15,17,31H,2,7-10,13-14H2,1H3,(H,30,32). The highest BCUT2D eigenvalue weighted by Crippen LogP contribution is 2.48. The highest BCUT2D eigenvalue weighted by Gasteiger charge is 2.39. The monoisotopic (exact) mass is 456 g/mol. The molecule has 0 aliphatic heterocycles. The molecule has 174 valence electrons. The molecule has 3 aromatic rings. The molecule has 2 saturated carbocycles. The number of carbonyl (C=O) groups excluding carboxylic acids is 1. The van der Waals surface area contributed by atoms with E-state index in [0.29, 0.717) is 30.0 Å². The first-order chi connectivity index (χ1) is 15.9. The van der Waals surface area contributed by atoms with Crippen molar-refractivity contribution < 1.29 is 22.7 Å². The van der Waals surface area contributed by atoms with E-state index in [1.165, 1.54) is 18.2 Å². The molecule has 5 rings (SSSR count). The topological polar surface area (TPSA) is 54.1 Å². The number of ether oxygens (including phenoxy) is 1. The zero-order valence-corrected chi connectivity index (χ0v) is 18.5. The van der Waals surface area contributed by atoms with E-state index in [2.05, 4.69) is 10.3 Å². The van der Waals surface area contributed by atoms with Crippen LogP contribution in [0.15, 0.2) is 36.4 Å². The van der Waals surface area contributed by atoms with Crippen LogP contribution in [0.2, 0.25) is 0 Å². The molecule has 0 bridgehead atoms. The average Bonchev–Trinajstić information content (AvgIpc) is 3.09. The van der Waals surface area contributed by atoms with Crippen LogP contribution in [0.25, 0.3) is 22.2 Å². The van der Waals surface area contributed by atoms with Crippen LogP contribution >= 0.6 is 0 Å². The van der Waals surface area contributed by atoms with Crippen LogP contribution in [0.5, 0.6) is 0 Å². The number of fused-ring (bicyclic) bond motifs is 1. The summed E-state index contributed by atoms with van der Waals surface area (Å²) < 4.78 is 47.5. The van der Waals surface area contributed by atoms with Gasteiger partial charge in [0, 0.05) is 25.1 Å². The van der Waals surface area contributed by atoms with E-state index in [0.717, 1.165) is 49.3 Å². The van der Waals surface area contributed by atoms with E-state index in [-0.39, 0.29) is 28.8 Å². The minimum atomic E-state index is -0.647. The lowest BCUT2D eigenvalue weighted by Gasteiger charge is -2.40. The quantitative estimate of drug-likeness (QED) is 0.471. The second kappa shape index (κ2) is 8.52. The van der Waals surface area contributed by atoms with Gasteiger partial charge in [0.1, 0.15) is 17.5 Å². The number of carbonyl (C=O) groups is 1. The summed E-state index contributed by atoms with van der Waals surface area (Å²) in [6.07, 6.45) is 4.91. The maximum Gasteiger partial charge on any atom is 0.222 e. The summed E-state index contributed by atoms with van der Waals surface area (Å²) in [5, 5.41) is 3.55. The van der Waals surface area contributed by atoms with Crippen molar-refractivity contribution in [3.8, 4) is 11.3 Å². The minimum absolute atomic E-state index is 0.00300. The van der Waals surface area contributed by atoms with Crippen molar-refractivity contribution >= 4 is 16.8 Å². The van der Waals surface area contributed by atoms with Crippen molar-refractivity contribution in [3.63, 3.8) is 0 Å². The number of halogens is 3. The molecule has 33 heavy (non-hydrogen) atoms. The summed E-state index contributed by atoms with van der Waals surface area (Å²) in [6.45, 7) is 0.575. The molecule has 0 spiro atoms. The van der Waals surface area contributed by atoms with Crippen LogP contribution < -0.4 is 5.32 Å². The molecular formula is C26H27F3N2O2. The molecule has 2 aliphatic carbocycles. The van der Waals surface area contributed by atoms with E-state index < -0.39 is 11.6 Å². The van der Waals surface area contributed by atoms with Gasteiger partial charge in [0.15, 0.2) is 0 Å². The van der Waals surface area contributed by atoms with Crippen LogP contribution in [-0.4, -0.2) is 30.1 Å². The van der Waals surface area contributed by atoms with Gasteiger partial charge < -0.3 is 15.0 Å². The van der Waals surface area contributed by atoms with Crippen LogP contribution in [0.3, 0.4) is 0 Å². The summed E-state index contributed by atoms with van der Waals surface area (Å²) in [7, 11) is 1.66. The van der Waals surface area contributed by atoms with Gasteiger partial charge in [-0.25, -0.2) is 13.2 Å². The van der Waals surface area contributed by atoms with Gasteiger partial charge in [0.25, 0.3) is 0 Å². The summed E-state index contributed by atoms with van der Waals surface area (Å²) in [5.41, 5.74) is 2.23. The first-order valence-corrected chi connectivity index (χ1v) is 11.5. The zero-order valence-electron chi connectivity index (χ0n) is 18.5. The van der Waals surface area contributed by atoms with Gasteiger partial charge in [-0.3, -0.25) is 4.79 Å². The second-order valence-electron chi connectivity index (χ2n) is 9.49. The molecular weight excluding hydrogens is 429 g/mol. The molecule has 1 amide bonds. The smallest absolute Gasteiger partial charge is 0.222 e. The van der Waals surface area contributed by atoms with Gasteiger partial charge in [0.05, 0.1) is 23.2 Å². The van der Waals surface area contributed by atoms with Crippen molar-refractivity contribution in [1.29, 1.82) is 0 Å². The Balaban J connectivity index is 1.32. The molecule has 1 heterocycles. The van der Waals surface area contributed by atoms with Gasteiger partial charge in [-0.1, -0.05) is 0 Å². The van der Waals surface area contributed by atoms with Crippen molar-refractivity contribution in [3.05, 3.63) is 59.4 Å². The number of aromatic nitrogens is 1. The third kappa shape index (κ3) is 4.14. The number of nitrogens with one attached hydrogen (secondary N) is 2. The lowest BCUT2D eigenvalue weighted by atomic mass is 9.70. The third-order valence-corrected chi connectivity index (χ3v) is 7.41. The van der Waals surface area contributed by atoms with Crippen LogP contribution in [0, 0.1) is 23.4 Å². The largest absolute Gasteiger partial charge is 0.378 e. The fraction of sp³-hybridized carbons (Fsp3) is 0.423. The maximum absolute atomic E-state index is 14.5. The number of methoxy groups -OCH3 is 1.